The number of nitrogens with zero attached hydrogens (tertiary/aromatic N) is 2. The zero-order valence-electron chi connectivity index (χ0n) is 16.9. The monoisotopic (exact) mass is 414 g/mol. The van der Waals surface area contributed by atoms with Crippen LogP contribution in [0.15, 0.2) is 70.3 Å². The average Bonchev–Trinajstić information content (AvgIpc) is 3.09. The van der Waals surface area contributed by atoms with E-state index in [0.717, 1.165) is 17.5 Å². The minimum atomic E-state index is -0.401. The summed E-state index contributed by atoms with van der Waals surface area (Å²) in [5, 5.41) is 3.28. The molecule has 3 heterocycles. The number of H-pyrrole nitrogens is 1. The van der Waals surface area contributed by atoms with Crippen molar-refractivity contribution in [2.24, 2.45) is 0 Å². The van der Waals surface area contributed by atoms with Crippen molar-refractivity contribution < 1.29 is 4.79 Å². The molecule has 31 heavy (non-hydrogen) atoms. The van der Waals surface area contributed by atoms with Gasteiger partial charge in [-0.1, -0.05) is 60.7 Å². The van der Waals surface area contributed by atoms with Gasteiger partial charge in [-0.15, -0.1) is 0 Å². The number of nitrogens with one attached hydrogen (secondary N) is 2. The SMILES string of the molecule is O=C1NCCCc2c1[nH]c1c2c(=O)n(Cc2ccccc2)c(=O)n1Cc1ccccc1. The van der Waals surface area contributed by atoms with Crippen molar-refractivity contribution in [3.05, 3.63) is 104 Å². The number of amides is 1. The molecule has 0 atom stereocenters. The summed E-state index contributed by atoms with van der Waals surface area (Å²) in [6, 6.07) is 19.1. The number of aromatic nitrogens is 3. The van der Waals surface area contributed by atoms with Crippen molar-refractivity contribution >= 4 is 16.9 Å². The molecule has 156 valence electrons. The Balaban J connectivity index is 1.79. The van der Waals surface area contributed by atoms with Crippen molar-refractivity contribution in [1.82, 2.24) is 19.4 Å². The molecule has 1 amide bonds. The highest BCUT2D eigenvalue weighted by Gasteiger charge is 2.26. The second kappa shape index (κ2) is 7.75. The topological polar surface area (TPSA) is 88.9 Å². The van der Waals surface area contributed by atoms with Crippen LogP contribution in [0, 0.1) is 0 Å². The van der Waals surface area contributed by atoms with E-state index in [0.29, 0.717) is 41.8 Å². The Bertz CT molecular complexity index is 1380. The zero-order valence-corrected chi connectivity index (χ0v) is 16.9. The van der Waals surface area contributed by atoms with Crippen LogP contribution in [-0.4, -0.2) is 26.6 Å². The maximum absolute atomic E-state index is 13.5. The first-order valence-electron chi connectivity index (χ1n) is 10.4. The van der Waals surface area contributed by atoms with E-state index in [1.54, 1.807) is 4.57 Å². The highest BCUT2D eigenvalue weighted by atomic mass is 16.2. The maximum Gasteiger partial charge on any atom is 0.333 e. The van der Waals surface area contributed by atoms with Crippen LogP contribution < -0.4 is 16.6 Å². The number of benzene rings is 2. The predicted octanol–water partition coefficient (Wildman–Crippen LogP) is 2.26. The zero-order chi connectivity index (χ0) is 21.4. The predicted molar refractivity (Wildman–Crippen MR) is 119 cm³/mol. The van der Waals surface area contributed by atoms with Crippen LogP contribution in [0.25, 0.3) is 11.0 Å². The van der Waals surface area contributed by atoms with Gasteiger partial charge in [-0.05, 0) is 29.5 Å². The molecule has 2 aromatic heterocycles. The van der Waals surface area contributed by atoms with E-state index in [1.165, 1.54) is 4.57 Å². The first-order valence-corrected chi connectivity index (χ1v) is 10.4. The summed E-state index contributed by atoms with van der Waals surface area (Å²) in [6.07, 6.45) is 1.33. The first-order chi connectivity index (χ1) is 15.1. The van der Waals surface area contributed by atoms with E-state index in [2.05, 4.69) is 10.3 Å². The highest BCUT2D eigenvalue weighted by Crippen LogP contribution is 2.23. The molecule has 2 N–H and O–H groups in total. The molecule has 5 rings (SSSR count). The summed E-state index contributed by atoms with van der Waals surface area (Å²) in [6.45, 7) is 1.03. The number of aromatic amines is 1. The number of fused-ring (bicyclic) bond motifs is 3. The minimum absolute atomic E-state index is 0.176. The molecule has 2 aromatic carbocycles. The van der Waals surface area contributed by atoms with Crippen molar-refractivity contribution in [1.29, 1.82) is 0 Å². The van der Waals surface area contributed by atoms with Crippen LogP contribution in [-0.2, 0) is 19.5 Å². The molecule has 0 unspecified atom stereocenters. The Morgan fingerprint density at radius 3 is 2.06 bits per heavy atom. The fraction of sp³-hybridized carbons (Fsp3) is 0.208. The average molecular weight is 414 g/mol. The van der Waals surface area contributed by atoms with E-state index in [1.807, 2.05) is 60.7 Å². The Kier molecular flexibility index (Phi) is 4.78. The molecule has 0 radical (unpaired) electrons. The molecule has 7 heteroatoms. The molecule has 0 bridgehead atoms. The minimum Gasteiger partial charge on any atom is -0.351 e. The second-order valence-electron chi connectivity index (χ2n) is 7.79. The molecule has 1 aliphatic rings. The van der Waals surface area contributed by atoms with Gasteiger partial charge in [-0.3, -0.25) is 18.7 Å². The van der Waals surface area contributed by atoms with Crippen LogP contribution >= 0.6 is 0 Å². The molecule has 0 spiro atoms. The summed E-state index contributed by atoms with van der Waals surface area (Å²) in [4.78, 5) is 42.7. The molecule has 0 aliphatic carbocycles. The number of carbonyl (C=O) groups is 1. The smallest absolute Gasteiger partial charge is 0.333 e. The summed E-state index contributed by atoms with van der Waals surface area (Å²) in [5.74, 6) is -0.239. The highest BCUT2D eigenvalue weighted by molar-refractivity contribution is 6.00. The van der Waals surface area contributed by atoms with Crippen molar-refractivity contribution in [3.8, 4) is 0 Å². The number of hydrogen-bond acceptors (Lipinski definition) is 3. The summed E-state index contributed by atoms with van der Waals surface area (Å²) in [5.41, 5.74) is 2.52. The van der Waals surface area contributed by atoms with Gasteiger partial charge in [-0.2, -0.15) is 0 Å². The fourth-order valence-corrected chi connectivity index (χ4v) is 4.24. The third-order valence-corrected chi connectivity index (χ3v) is 5.76. The molecule has 1 aliphatic heterocycles. The molecule has 0 fully saturated rings. The lowest BCUT2D eigenvalue weighted by Gasteiger charge is -2.13. The van der Waals surface area contributed by atoms with Crippen LogP contribution in [0.5, 0.6) is 0 Å². The van der Waals surface area contributed by atoms with Gasteiger partial charge >= 0.3 is 5.69 Å². The molecular weight excluding hydrogens is 392 g/mol. The van der Waals surface area contributed by atoms with Crippen molar-refractivity contribution in [2.45, 2.75) is 25.9 Å². The lowest BCUT2D eigenvalue weighted by Crippen LogP contribution is -2.40. The molecule has 7 nitrogen and oxygen atoms in total. The largest absolute Gasteiger partial charge is 0.351 e. The summed E-state index contributed by atoms with van der Waals surface area (Å²) in [7, 11) is 0. The Hall–Kier alpha value is -3.87. The summed E-state index contributed by atoms with van der Waals surface area (Å²) >= 11 is 0. The van der Waals surface area contributed by atoms with Crippen molar-refractivity contribution in [3.63, 3.8) is 0 Å². The van der Waals surface area contributed by atoms with Gasteiger partial charge in [0.05, 0.1) is 18.5 Å². The maximum atomic E-state index is 13.5. The quantitative estimate of drug-likeness (QED) is 0.537. The van der Waals surface area contributed by atoms with E-state index in [4.69, 9.17) is 0 Å². The van der Waals surface area contributed by atoms with Crippen LogP contribution in [0.4, 0.5) is 0 Å². The molecule has 0 saturated carbocycles. The Labute approximate surface area is 178 Å². The summed E-state index contributed by atoms with van der Waals surface area (Å²) < 4.78 is 2.84. The van der Waals surface area contributed by atoms with Gasteiger partial charge in [0.25, 0.3) is 11.5 Å². The fourth-order valence-electron chi connectivity index (χ4n) is 4.24. The van der Waals surface area contributed by atoms with Crippen LogP contribution in [0.2, 0.25) is 0 Å². The van der Waals surface area contributed by atoms with E-state index >= 15 is 0 Å². The Morgan fingerprint density at radius 2 is 1.42 bits per heavy atom. The molecule has 4 aromatic rings. The second-order valence-corrected chi connectivity index (χ2v) is 7.79. The number of hydrogen-bond donors (Lipinski definition) is 2. The number of aryl methyl sites for hydroxylation is 1. The van der Waals surface area contributed by atoms with Gasteiger partial charge in [0.15, 0.2) is 0 Å². The van der Waals surface area contributed by atoms with Gasteiger partial charge < -0.3 is 10.3 Å². The lowest BCUT2D eigenvalue weighted by molar-refractivity contribution is 0.0952. The van der Waals surface area contributed by atoms with E-state index < -0.39 is 5.69 Å². The first kappa shape index (κ1) is 19.1. The molecular formula is C24H22N4O3. The van der Waals surface area contributed by atoms with Crippen LogP contribution in [0.1, 0.15) is 33.6 Å². The third kappa shape index (κ3) is 3.38. The van der Waals surface area contributed by atoms with Gasteiger partial charge in [0.1, 0.15) is 11.3 Å². The van der Waals surface area contributed by atoms with Gasteiger partial charge in [-0.25, -0.2) is 4.79 Å². The van der Waals surface area contributed by atoms with Crippen molar-refractivity contribution in [2.75, 3.05) is 6.54 Å². The number of carbonyl (C=O) groups excluding carboxylic acids is 1. The normalized spacial score (nSPS) is 13.6. The third-order valence-electron chi connectivity index (χ3n) is 5.76. The van der Waals surface area contributed by atoms with E-state index in [9.17, 15) is 14.4 Å². The van der Waals surface area contributed by atoms with Crippen LogP contribution in [0.3, 0.4) is 0 Å². The van der Waals surface area contributed by atoms with Gasteiger partial charge in [0.2, 0.25) is 0 Å². The molecule has 0 saturated heterocycles. The lowest BCUT2D eigenvalue weighted by atomic mass is 10.1. The Morgan fingerprint density at radius 1 is 0.806 bits per heavy atom. The standard InChI is InChI=1S/C24H22N4O3/c29-22-20-18(12-7-13-25-22)19-21(26-20)27(14-16-8-3-1-4-9-16)24(31)28(23(19)30)15-17-10-5-2-6-11-17/h1-6,8-11,26H,7,12-15H2,(H,25,29). The number of rotatable bonds is 4. The van der Waals surface area contributed by atoms with E-state index in [-0.39, 0.29) is 18.0 Å². The van der Waals surface area contributed by atoms with Gasteiger partial charge in [0, 0.05) is 6.54 Å².